The summed E-state index contributed by atoms with van der Waals surface area (Å²) >= 11 is 5.88. The number of pyridine rings is 1. The van der Waals surface area contributed by atoms with Crippen molar-refractivity contribution in [2.45, 2.75) is 38.7 Å². The van der Waals surface area contributed by atoms with E-state index >= 15 is 0 Å². The van der Waals surface area contributed by atoms with Crippen molar-refractivity contribution in [2.75, 3.05) is 11.9 Å². The Balaban J connectivity index is 2.56. The van der Waals surface area contributed by atoms with E-state index in [2.05, 4.69) is 10.3 Å². The van der Waals surface area contributed by atoms with Gasteiger partial charge in [-0.25, -0.2) is 4.98 Å². The molecule has 0 aliphatic heterocycles. The first-order valence-corrected chi connectivity index (χ1v) is 6.03. The summed E-state index contributed by atoms with van der Waals surface area (Å²) in [5.41, 5.74) is 0. The molecule has 0 saturated heterocycles. The lowest BCUT2D eigenvalue weighted by Crippen LogP contribution is -2.11. The summed E-state index contributed by atoms with van der Waals surface area (Å²) in [6.45, 7) is 6.78. The zero-order valence-corrected chi connectivity index (χ0v) is 10.8. The fraction of sp³-hybridized carbons (Fsp3) is 0.583. The summed E-state index contributed by atoms with van der Waals surface area (Å²) in [7, 11) is 0. The molecule has 0 aromatic carbocycles. The highest BCUT2D eigenvalue weighted by atomic mass is 35.5. The van der Waals surface area contributed by atoms with Crippen molar-refractivity contribution >= 4 is 17.4 Å². The summed E-state index contributed by atoms with van der Waals surface area (Å²) in [4.78, 5) is 4.25. The Morgan fingerprint density at radius 1 is 1.44 bits per heavy atom. The minimum absolute atomic E-state index is 0.150. The third-order valence-electron chi connectivity index (χ3n) is 1.97. The van der Waals surface area contributed by atoms with Crippen LogP contribution in [-0.4, -0.2) is 23.0 Å². The number of ether oxygens (including phenoxy) is 1. The fourth-order valence-electron chi connectivity index (χ4n) is 1.26. The van der Waals surface area contributed by atoms with Gasteiger partial charge in [0.1, 0.15) is 0 Å². The van der Waals surface area contributed by atoms with Crippen LogP contribution < -0.4 is 10.1 Å². The fourth-order valence-corrected chi connectivity index (χ4v) is 1.37. The van der Waals surface area contributed by atoms with Crippen molar-refractivity contribution in [3.05, 3.63) is 18.3 Å². The van der Waals surface area contributed by atoms with E-state index in [1.54, 1.807) is 6.20 Å². The molecule has 1 heterocycles. The molecule has 1 aromatic rings. The van der Waals surface area contributed by atoms with Crippen LogP contribution in [0.3, 0.4) is 0 Å². The Morgan fingerprint density at radius 3 is 2.81 bits per heavy atom. The van der Waals surface area contributed by atoms with Crippen LogP contribution in [0.15, 0.2) is 18.3 Å². The molecule has 1 unspecified atom stereocenters. The van der Waals surface area contributed by atoms with Crippen molar-refractivity contribution in [3.8, 4) is 5.75 Å². The van der Waals surface area contributed by atoms with E-state index in [1.165, 1.54) is 0 Å². The largest absolute Gasteiger partial charge is 0.487 e. The van der Waals surface area contributed by atoms with Crippen LogP contribution in [0, 0.1) is 0 Å². The smallest absolute Gasteiger partial charge is 0.168 e. The molecule has 16 heavy (non-hydrogen) atoms. The number of hydrogen-bond donors (Lipinski definition) is 1. The maximum atomic E-state index is 5.88. The summed E-state index contributed by atoms with van der Waals surface area (Å²) < 4.78 is 5.64. The number of rotatable bonds is 6. The third-order valence-corrected chi connectivity index (χ3v) is 2.19. The molecule has 1 atom stereocenters. The maximum absolute atomic E-state index is 5.88. The molecule has 0 radical (unpaired) electrons. The van der Waals surface area contributed by atoms with E-state index in [9.17, 15) is 0 Å². The standard InChI is InChI=1S/C12H19ClN2O/c1-9(2)16-11-5-4-7-14-12(11)15-8-6-10(3)13/h4-5,7,9-10H,6,8H2,1-3H3,(H,14,15). The minimum atomic E-state index is 0.150. The van der Waals surface area contributed by atoms with Crippen LogP contribution in [-0.2, 0) is 0 Å². The highest BCUT2D eigenvalue weighted by Gasteiger charge is 2.06. The van der Waals surface area contributed by atoms with E-state index in [-0.39, 0.29) is 11.5 Å². The summed E-state index contributed by atoms with van der Waals surface area (Å²) in [6.07, 6.45) is 2.80. The van der Waals surface area contributed by atoms with Crippen LogP contribution in [0.1, 0.15) is 27.2 Å². The molecule has 0 saturated carbocycles. The predicted molar refractivity (Wildman–Crippen MR) is 68.4 cm³/mol. The minimum Gasteiger partial charge on any atom is -0.487 e. The van der Waals surface area contributed by atoms with Gasteiger partial charge in [0, 0.05) is 18.1 Å². The van der Waals surface area contributed by atoms with Crippen LogP contribution in [0.2, 0.25) is 0 Å². The average Bonchev–Trinajstić information content (AvgIpc) is 2.19. The quantitative estimate of drug-likeness (QED) is 0.778. The molecule has 0 bridgehead atoms. The number of nitrogens with zero attached hydrogens (tertiary/aromatic N) is 1. The molecule has 0 aliphatic rings. The second-order valence-electron chi connectivity index (χ2n) is 4.01. The number of anilines is 1. The van der Waals surface area contributed by atoms with Gasteiger partial charge < -0.3 is 10.1 Å². The van der Waals surface area contributed by atoms with E-state index in [0.717, 1.165) is 24.5 Å². The lowest BCUT2D eigenvalue weighted by atomic mass is 10.3. The number of hydrogen-bond acceptors (Lipinski definition) is 3. The van der Waals surface area contributed by atoms with Gasteiger partial charge in [0.15, 0.2) is 11.6 Å². The van der Waals surface area contributed by atoms with Crippen molar-refractivity contribution in [3.63, 3.8) is 0 Å². The Hall–Kier alpha value is -0.960. The number of halogens is 1. The lowest BCUT2D eigenvalue weighted by molar-refractivity contribution is 0.243. The van der Waals surface area contributed by atoms with Gasteiger partial charge >= 0.3 is 0 Å². The molecule has 3 nitrogen and oxygen atoms in total. The monoisotopic (exact) mass is 242 g/mol. The second-order valence-corrected chi connectivity index (χ2v) is 4.76. The van der Waals surface area contributed by atoms with Gasteiger partial charge in [0.2, 0.25) is 0 Å². The van der Waals surface area contributed by atoms with Crippen LogP contribution in [0.5, 0.6) is 5.75 Å². The predicted octanol–water partition coefficient (Wildman–Crippen LogP) is 3.30. The molecule has 0 amide bonds. The zero-order valence-electron chi connectivity index (χ0n) is 10.0. The van der Waals surface area contributed by atoms with Crippen LogP contribution in [0.4, 0.5) is 5.82 Å². The summed E-state index contributed by atoms with van der Waals surface area (Å²) in [5, 5.41) is 3.40. The second kappa shape index (κ2) is 6.59. The number of aromatic nitrogens is 1. The van der Waals surface area contributed by atoms with Gasteiger partial charge in [-0.15, -0.1) is 11.6 Å². The SMILES string of the molecule is CC(Cl)CCNc1ncccc1OC(C)C. The van der Waals surface area contributed by atoms with Gasteiger partial charge in [-0.3, -0.25) is 0 Å². The Labute approximate surface area is 102 Å². The summed E-state index contributed by atoms with van der Waals surface area (Å²) in [6, 6.07) is 3.78. The van der Waals surface area contributed by atoms with Gasteiger partial charge in [0.25, 0.3) is 0 Å². The first kappa shape index (κ1) is 13.1. The Morgan fingerprint density at radius 2 is 2.19 bits per heavy atom. The van der Waals surface area contributed by atoms with Crippen LogP contribution >= 0.6 is 11.6 Å². The van der Waals surface area contributed by atoms with E-state index < -0.39 is 0 Å². The molecule has 1 N–H and O–H groups in total. The zero-order chi connectivity index (χ0) is 12.0. The number of nitrogens with one attached hydrogen (secondary N) is 1. The van der Waals surface area contributed by atoms with E-state index in [0.29, 0.717) is 0 Å². The van der Waals surface area contributed by atoms with Crippen molar-refractivity contribution in [2.24, 2.45) is 0 Å². The first-order valence-electron chi connectivity index (χ1n) is 5.59. The normalized spacial score (nSPS) is 12.6. The van der Waals surface area contributed by atoms with E-state index in [1.807, 2.05) is 32.9 Å². The van der Waals surface area contributed by atoms with E-state index in [4.69, 9.17) is 16.3 Å². The van der Waals surface area contributed by atoms with Crippen LogP contribution in [0.25, 0.3) is 0 Å². The highest BCUT2D eigenvalue weighted by Crippen LogP contribution is 2.22. The Bertz CT molecular complexity index is 316. The molecule has 0 aliphatic carbocycles. The number of alkyl halides is 1. The molecule has 0 spiro atoms. The summed E-state index contributed by atoms with van der Waals surface area (Å²) in [5.74, 6) is 1.58. The first-order chi connectivity index (χ1) is 7.59. The third kappa shape index (κ3) is 4.71. The van der Waals surface area contributed by atoms with Gasteiger partial charge in [-0.05, 0) is 39.3 Å². The molecular weight excluding hydrogens is 224 g/mol. The molecular formula is C12H19ClN2O. The molecule has 90 valence electrons. The molecule has 4 heteroatoms. The molecule has 0 fully saturated rings. The van der Waals surface area contributed by atoms with Gasteiger partial charge in [-0.1, -0.05) is 0 Å². The van der Waals surface area contributed by atoms with Gasteiger partial charge in [0.05, 0.1) is 6.10 Å². The van der Waals surface area contributed by atoms with Crippen molar-refractivity contribution in [1.82, 2.24) is 4.98 Å². The molecule has 1 rings (SSSR count). The van der Waals surface area contributed by atoms with Crippen molar-refractivity contribution in [1.29, 1.82) is 0 Å². The topological polar surface area (TPSA) is 34.2 Å². The highest BCUT2D eigenvalue weighted by molar-refractivity contribution is 6.20. The van der Waals surface area contributed by atoms with Gasteiger partial charge in [-0.2, -0.15) is 0 Å². The lowest BCUT2D eigenvalue weighted by Gasteiger charge is -2.14. The Kier molecular flexibility index (Phi) is 5.39. The molecule has 1 aromatic heterocycles. The van der Waals surface area contributed by atoms with Crippen molar-refractivity contribution < 1.29 is 4.74 Å². The maximum Gasteiger partial charge on any atom is 0.168 e. The average molecular weight is 243 g/mol.